The number of anilines is 1. The van der Waals surface area contributed by atoms with E-state index in [-0.39, 0.29) is 16.6 Å². The van der Waals surface area contributed by atoms with Crippen LogP contribution in [0.2, 0.25) is 0 Å². The number of benzene rings is 2. The van der Waals surface area contributed by atoms with Gasteiger partial charge in [0.2, 0.25) is 0 Å². The fraction of sp³-hybridized carbons (Fsp3) is 0.238. The highest BCUT2D eigenvalue weighted by Gasteiger charge is 2.25. The summed E-state index contributed by atoms with van der Waals surface area (Å²) in [6, 6.07) is 10.1. The first-order chi connectivity index (χ1) is 15.5. The molecule has 2 aromatic carbocycles. The van der Waals surface area contributed by atoms with Gasteiger partial charge >= 0.3 is 0 Å². The number of nitrogens with one attached hydrogen (secondary N) is 2. The maximum atomic E-state index is 12.3. The van der Waals surface area contributed by atoms with Gasteiger partial charge in [0.15, 0.2) is 0 Å². The summed E-state index contributed by atoms with van der Waals surface area (Å²) < 4.78 is 0. The van der Waals surface area contributed by atoms with Crippen LogP contribution in [0.4, 0.5) is 11.4 Å². The molecule has 162 valence electrons. The number of para-hydroxylation sites is 1. The van der Waals surface area contributed by atoms with Crippen LogP contribution in [0, 0.1) is 10.1 Å². The molecule has 2 aromatic heterocycles. The highest BCUT2D eigenvalue weighted by atomic mass is 16.6. The van der Waals surface area contributed by atoms with Crippen molar-refractivity contribution in [3.8, 4) is 0 Å². The van der Waals surface area contributed by atoms with Crippen LogP contribution in [0.1, 0.15) is 5.82 Å². The van der Waals surface area contributed by atoms with Gasteiger partial charge in [0, 0.05) is 32.2 Å². The fourth-order valence-corrected chi connectivity index (χ4v) is 4.06. The van der Waals surface area contributed by atoms with Crippen LogP contribution < -0.4 is 16.0 Å². The molecule has 11 heteroatoms. The molecule has 1 aliphatic heterocycles. The summed E-state index contributed by atoms with van der Waals surface area (Å²) >= 11 is 0. The highest BCUT2D eigenvalue weighted by molar-refractivity contribution is 5.87. The summed E-state index contributed by atoms with van der Waals surface area (Å²) in [4.78, 5) is 53.5. The van der Waals surface area contributed by atoms with Crippen LogP contribution in [0.3, 0.4) is 0 Å². The average molecular weight is 433 g/mol. The van der Waals surface area contributed by atoms with Crippen LogP contribution in [0.5, 0.6) is 0 Å². The minimum absolute atomic E-state index is 0.120. The molecule has 5 rings (SSSR count). The fourth-order valence-electron chi connectivity index (χ4n) is 4.06. The van der Waals surface area contributed by atoms with Crippen molar-refractivity contribution in [1.29, 1.82) is 0 Å². The average Bonchev–Trinajstić information content (AvgIpc) is 2.79. The Bertz CT molecular complexity index is 1450. The first kappa shape index (κ1) is 19.8. The van der Waals surface area contributed by atoms with Gasteiger partial charge in [-0.05, 0) is 18.2 Å². The maximum absolute atomic E-state index is 12.3. The number of aromatic nitrogens is 4. The molecule has 1 fully saturated rings. The number of piperazine rings is 1. The molecule has 0 unspecified atom stereocenters. The number of nitro groups is 1. The molecule has 32 heavy (non-hydrogen) atoms. The van der Waals surface area contributed by atoms with Gasteiger partial charge in [0.05, 0.1) is 39.6 Å². The van der Waals surface area contributed by atoms with E-state index in [9.17, 15) is 19.7 Å². The van der Waals surface area contributed by atoms with E-state index in [1.807, 2.05) is 17.0 Å². The topological polar surface area (TPSA) is 141 Å². The highest BCUT2D eigenvalue weighted by Crippen LogP contribution is 2.32. The zero-order chi connectivity index (χ0) is 22.2. The second kappa shape index (κ2) is 7.85. The minimum atomic E-state index is -0.475. The third-order valence-electron chi connectivity index (χ3n) is 5.68. The van der Waals surface area contributed by atoms with Crippen LogP contribution in [0.25, 0.3) is 21.8 Å². The number of H-pyrrole nitrogens is 2. The molecule has 0 spiro atoms. The van der Waals surface area contributed by atoms with Crippen molar-refractivity contribution in [3.63, 3.8) is 0 Å². The third kappa shape index (κ3) is 3.58. The van der Waals surface area contributed by atoms with Crippen molar-refractivity contribution in [2.45, 2.75) is 6.54 Å². The summed E-state index contributed by atoms with van der Waals surface area (Å²) in [6.45, 7) is 2.84. The van der Waals surface area contributed by atoms with Crippen molar-refractivity contribution < 1.29 is 4.92 Å². The Kier molecular flexibility index (Phi) is 4.86. The Balaban J connectivity index is 1.36. The van der Waals surface area contributed by atoms with Gasteiger partial charge in [-0.1, -0.05) is 12.1 Å². The molecule has 0 radical (unpaired) electrons. The second-order valence-corrected chi connectivity index (χ2v) is 7.64. The number of nitrogens with zero attached hydrogens (tertiary/aromatic N) is 5. The Morgan fingerprint density at radius 2 is 1.78 bits per heavy atom. The van der Waals surface area contributed by atoms with E-state index in [0.717, 1.165) is 0 Å². The van der Waals surface area contributed by atoms with Crippen LogP contribution in [-0.2, 0) is 6.54 Å². The molecular weight excluding hydrogens is 414 g/mol. The number of rotatable bonds is 4. The summed E-state index contributed by atoms with van der Waals surface area (Å²) in [5, 5.41) is 12.4. The lowest BCUT2D eigenvalue weighted by molar-refractivity contribution is -0.384. The molecule has 0 saturated carbocycles. The van der Waals surface area contributed by atoms with E-state index in [2.05, 4.69) is 24.8 Å². The molecule has 0 aliphatic carbocycles. The first-order valence-corrected chi connectivity index (χ1v) is 10.1. The van der Waals surface area contributed by atoms with Gasteiger partial charge in [-0.3, -0.25) is 24.6 Å². The quantitative estimate of drug-likeness (QED) is 0.363. The molecule has 0 atom stereocenters. The summed E-state index contributed by atoms with van der Waals surface area (Å²) in [5.74, 6) is 0.585. The predicted octanol–water partition coefficient (Wildman–Crippen LogP) is 1.39. The molecule has 2 N–H and O–H groups in total. The van der Waals surface area contributed by atoms with E-state index >= 15 is 0 Å². The number of nitro benzene ring substituents is 1. The van der Waals surface area contributed by atoms with Crippen molar-refractivity contribution >= 4 is 33.2 Å². The van der Waals surface area contributed by atoms with E-state index in [4.69, 9.17) is 0 Å². The van der Waals surface area contributed by atoms with Crippen molar-refractivity contribution in [1.82, 2.24) is 24.8 Å². The minimum Gasteiger partial charge on any atom is -0.363 e. The SMILES string of the molecule is O=c1[nH]cnc2cc(N3CCN(Cc4nc5ccccc5c(=O)[nH]4)CC3)c([N+](=O)[O-])cc12. The molecule has 3 heterocycles. The molecule has 11 nitrogen and oxygen atoms in total. The number of fused-ring (bicyclic) bond motifs is 2. The Labute approximate surface area is 180 Å². The zero-order valence-corrected chi connectivity index (χ0v) is 16.9. The van der Waals surface area contributed by atoms with Crippen molar-refractivity contribution in [3.05, 3.63) is 79.4 Å². The predicted molar refractivity (Wildman–Crippen MR) is 119 cm³/mol. The van der Waals surface area contributed by atoms with E-state index in [1.54, 1.807) is 18.2 Å². The summed E-state index contributed by atoms with van der Waals surface area (Å²) in [5.41, 5.74) is 0.807. The summed E-state index contributed by atoms with van der Waals surface area (Å²) in [6.07, 6.45) is 1.29. The number of hydrogen-bond acceptors (Lipinski definition) is 8. The van der Waals surface area contributed by atoms with Gasteiger partial charge in [0.1, 0.15) is 11.5 Å². The monoisotopic (exact) mass is 433 g/mol. The number of hydrogen-bond donors (Lipinski definition) is 2. The van der Waals surface area contributed by atoms with E-state index in [1.165, 1.54) is 12.4 Å². The molecule has 0 bridgehead atoms. The molecule has 0 amide bonds. The smallest absolute Gasteiger partial charge is 0.293 e. The van der Waals surface area contributed by atoms with E-state index < -0.39 is 10.5 Å². The van der Waals surface area contributed by atoms with Crippen molar-refractivity contribution in [2.75, 3.05) is 31.1 Å². The lowest BCUT2D eigenvalue weighted by Crippen LogP contribution is -2.46. The zero-order valence-electron chi connectivity index (χ0n) is 16.9. The maximum Gasteiger partial charge on any atom is 0.293 e. The van der Waals surface area contributed by atoms with Gasteiger partial charge in [-0.2, -0.15) is 0 Å². The molecule has 1 aliphatic rings. The number of aromatic amines is 2. The van der Waals surface area contributed by atoms with Crippen molar-refractivity contribution in [2.24, 2.45) is 0 Å². The standard InChI is InChI=1S/C21H19N7O4/c29-20-14-9-18(28(31)32)17(10-16(14)22-12-23-20)27-7-5-26(6-8-27)11-19-24-15-4-2-1-3-13(15)21(30)25-19/h1-4,9-10,12H,5-8,11H2,(H,22,23,29)(H,24,25,30). The van der Waals surface area contributed by atoms with Crippen LogP contribution in [-0.4, -0.2) is 55.9 Å². The molecular formula is C21H19N7O4. The van der Waals surface area contributed by atoms with Gasteiger partial charge in [-0.25, -0.2) is 9.97 Å². The normalized spacial score (nSPS) is 14.8. The Morgan fingerprint density at radius 1 is 1.00 bits per heavy atom. The Hall–Kier alpha value is -4.12. The third-order valence-corrected chi connectivity index (χ3v) is 5.68. The van der Waals surface area contributed by atoms with E-state index in [0.29, 0.717) is 60.7 Å². The van der Waals surface area contributed by atoms with Crippen LogP contribution >= 0.6 is 0 Å². The van der Waals surface area contributed by atoms with Gasteiger partial charge < -0.3 is 14.9 Å². The van der Waals surface area contributed by atoms with Crippen LogP contribution in [0.15, 0.2) is 52.3 Å². The lowest BCUT2D eigenvalue weighted by Gasteiger charge is -2.35. The second-order valence-electron chi connectivity index (χ2n) is 7.64. The largest absolute Gasteiger partial charge is 0.363 e. The first-order valence-electron chi connectivity index (χ1n) is 10.1. The lowest BCUT2D eigenvalue weighted by atomic mass is 10.1. The molecule has 1 saturated heterocycles. The summed E-state index contributed by atoms with van der Waals surface area (Å²) in [7, 11) is 0. The van der Waals surface area contributed by atoms with Gasteiger partial charge in [0.25, 0.3) is 16.8 Å². The Morgan fingerprint density at radius 3 is 2.56 bits per heavy atom. The van der Waals surface area contributed by atoms with Gasteiger partial charge in [-0.15, -0.1) is 0 Å². The molecule has 4 aromatic rings.